The Bertz CT molecular complexity index is 769. The first kappa shape index (κ1) is 17.1. The maximum atomic E-state index is 11.7. The van der Waals surface area contributed by atoms with E-state index in [1.807, 2.05) is 0 Å². The lowest BCUT2D eigenvalue weighted by atomic mass is 10.1. The minimum Gasteiger partial charge on any atom is -0.612 e. The summed E-state index contributed by atoms with van der Waals surface area (Å²) in [4.78, 5) is 23.2. The van der Waals surface area contributed by atoms with Crippen LogP contribution in [0, 0.1) is 0 Å². The molecule has 23 heavy (non-hydrogen) atoms. The Hall–Kier alpha value is -2.25. The van der Waals surface area contributed by atoms with Crippen LogP contribution in [0.5, 0.6) is 17.2 Å². The minimum absolute atomic E-state index is 0.222. The van der Waals surface area contributed by atoms with E-state index in [1.54, 1.807) is 24.5 Å². The Morgan fingerprint density at radius 1 is 1.00 bits per heavy atom. The van der Waals surface area contributed by atoms with E-state index in [0.29, 0.717) is 15.7 Å². The van der Waals surface area contributed by atoms with Crippen molar-refractivity contribution >= 4 is 33.9 Å². The van der Waals surface area contributed by atoms with Crippen LogP contribution in [0.25, 0.3) is 10.8 Å². The molecule has 7 heteroatoms. The van der Waals surface area contributed by atoms with Gasteiger partial charge >= 0.3 is 11.9 Å². The van der Waals surface area contributed by atoms with Crippen LogP contribution >= 0.6 is 0 Å². The van der Waals surface area contributed by atoms with Crippen molar-refractivity contribution in [1.29, 1.82) is 0 Å². The lowest BCUT2D eigenvalue weighted by Gasteiger charge is -2.15. The first-order valence-corrected chi connectivity index (χ1v) is 8.24. The molecule has 0 saturated heterocycles. The normalized spacial score (nSPS) is 11.9. The van der Waals surface area contributed by atoms with Crippen LogP contribution < -0.4 is 14.2 Å². The van der Waals surface area contributed by atoms with Crippen molar-refractivity contribution in [2.24, 2.45) is 0 Å². The molecule has 0 aliphatic carbocycles. The number of esters is 2. The zero-order chi connectivity index (χ0) is 17.1. The van der Waals surface area contributed by atoms with Gasteiger partial charge in [0, 0.05) is 36.8 Å². The van der Waals surface area contributed by atoms with Crippen molar-refractivity contribution in [1.82, 2.24) is 0 Å². The first-order valence-electron chi connectivity index (χ1n) is 6.68. The van der Waals surface area contributed by atoms with Gasteiger partial charge in [0.1, 0.15) is 12.0 Å². The lowest BCUT2D eigenvalue weighted by Crippen LogP contribution is -2.07. The SMILES string of the molecule is COc1cc(OC(C)=O)c2cc([S+](C)[O-])ccc2c1OC(C)=O. The Kier molecular flexibility index (Phi) is 5.12. The van der Waals surface area contributed by atoms with Gasteiger partial charge in [-0.3, -0.25) is 9.59 Å². The van der Waals surface area contributed by atoms with E-state index in [4.69, 9.17) is 14.2 Å². The highest BCUT2D eigenvalue weighted by atomic mass is 32.2. The Morgan fingerprint density at radius 2 is 1.65 bits per heavy atom. The smallest absolute Gasteiger partial charge is 0.308 e. The van der Waals surface area contributed by atoms with E-state index in [0.717, 1.165) is 0 Å². The summed E-state index contributed by atoms with van der Waals surface area (Å²) in [6, 6.07) is 6.41. The Morgan fingerprint density at radius 3 is 2.17 bits per heavy atom. The number of methoxy groups -OCH3 is 1. The zero-order valence-corrected chi connectivity index (χ0v) is 14.0. The highest BCUT2D eigenvalue weighted by molar-refractivity contribution is 7.90. The van der Waals surface area contributed by atoms with Crippen LogP contribution in [0.2, 0.25) is 0 Å². The molecule has 0 amide bonds. The molecule has 0 radical (unpaired) electrons. The third-order valence-electron chi connectivity index (χ3n) is 3.04. The van der Waals surface area contributed by atoms with Crippen molar-refractivity contribution in [3.8, 4) is 17.2 Å². The molecular formula is C16H16O6S. The van der Waals surface area contributed by atoms with Crippen molar-refractivity contribution in [3.63, 3.8) is 0 Å². The van der Waals surface area contributed by atoms with Crippen molar-refractivity contribution in [2.45, 2.75) is 18.7 Å². The van der Waals surface area contributed by atoms with E-state index in [2.05, 4.69) is 0 Å². The lowest BCUT2D eigenvalue weighted by molar-refractivity contribution is -0.133. The van der Waals surface area contributed by atoms with Crippen molar-refractivity contribution < 1.29 is 28.4 Å². The molecule has 1 unspecified atom stereocenters. The quantitative estimate of drug-likeness (QED) is 0.484. The number of fused-ring (bicyclic) bond motifs is 1. The molecule has 0 spiro atoms. The molecule has 0 saturated carbocycles. The number of rotatable bonds is 4. The number of hydrogen-bond acceptors (Lipinski definition) is 6. The van der Waals surface area contributed by atoms with Gasteiger partial charge in [-0.15, -0.1) is 0 Å². The second-order valence-electron chi connectivity index (χ2n) is 4.75. The molecule has 2 aromatic rings. The molecule has 6 nitrogen and oxygen atoms in total. The Labute approximate surface area is 136 Å². The Balaban J connectivity index is 2.79. The fourth-order valence-corrected chi connectivity index (χ4v) is 2.68. The maximum absolute atomic E-state index is 11.7. The molecule has 0 N–H and O–H groups in total. The van der Waals surface area contributed by atoms with E-state index in [9.17, 15) is 14.1 Å². The molecule has 0 aromatic heterocycles. The number of hydrogen-bond donors (Lipinski definition) is 0. The third kappa shape index (κ3) is 3.75. The van der Waals surface area contributed by atoms with E-state index >= 15 is 0 Å². The van der Waals surface area contributed by atoms with Gasteiger partial charge in [-0.2, -0.15) is 0 Å². The van der Waals surface area contributed by atoms with Gasteiger partial charge in [-0.25, -0.2) is 0 Å². The van der Waals surface area contributed by atoms with Crippen LogP contribution in [0.15, 0.2) is 29.2 Å². The topological polar surface area (TPSA) is 84.9 Å². The predicted octanol–water partition coefficient (Wildman–Crippen LogP) is 2.44. The van der Waals surface area contributed by atoms with Crippen LogP contribution in [-0.2, 0) is 20.8 Å². The summed E-state index contributed by atoms with van der Waals surface area (Å²) in [7, 11) is 1.42. The van der Waals surface area contributed by atoms with E-state index in [-0.39, 0.29) is 17.2 Å². The van der Waals surface area contributed by atoms with Gasteiger partial charge in [-0.05, 0) is 23.3 Å². The molecule has 0 aliphatic rings. The first-order chi connectivity index (χ1) is 10.8. The number of carbonyl (C=O) groups excluding carboxylic acids is 2. The summed E-state index contributed by atoms with van der Waals surface area (Å²) >= 11 is -1.21. The molecule has 2 rings (SSSR count). The van der Waals surface area contributed by atoms with Crippen LogP contribution in [0.1, 0.15) is 13.8 Å². The molecule has 0 bridgehead atoms. The molecule has 0 heterocycles. The van der Waals surface area contributed by atoms with E-state index in [1.165, 1.54) is 27.0 Å². The summed E-state index contributed by atoms with van der Waals surface area (Å²) in [6.45, 7) is 2.56. The van der Waals surface area contributed by atoms with Gasteiger partial charge in [0.15, 0.2) is 16.4 Å². The molecular weight excluding hydrogens is 320 g/mol. The van der Waals surface area contributed by atoms with E-state index < -0.39 is 23.1 Å². The summed E-state index contributed by atoms with van der Waals surface area (Å²) in [5.41, 5.74) is 0. The van der Waals surface area contributed by atoms with Crippen molar-refractivity contribution in [3.05, 3.63) is 24.3 Å². The highest BCUT2D eigenvalue weighted by Gasteiger charge is 2.19. The molecule has 1 atom stereocenters. The average molecular weight is 336 g/mol. The number of carbonyl (C=O) groups is 2. The van der Waals surface area contributed by atoms with Gasteiger partial charge in [0.25, 0.3) is 0 Å². The fraction of sp³-hybridized carbons (Fsp3) is 0.250. The van der Waals surface area contributed by atoms with Crippen LogP contribution in [-0.4, -0.2) is 29.9 Å². The molecule has 2 aromatic carbocycles. The summed E-state index contributed by atoms with van der Waals surface area (Å²) in [5, 5.41) is 1.02. The minimum atomic E-state index is -1.21. The van der Waals surface area contributed by atoms with Gasteiger partial charge in [-0.1, -0.05) is 0 Å². The van der Waals surface area contributed by atoms with Gasteiger partial charge in [0.2, 0.25) is 0 Å². The predicted molar refractivity (Wildman–Crippen MR) is 85.5 cm³/mol. The average Bonchev–Trinajstić information content (AvgIpc) is 2.47. The summed E-state index contributed by atoms with van der Waals surface area (Å²) in [6.07, 6.45) is 1.54. The van der Waals surface area contributed by atoms with Gasteiger partial charge in [0.05, 0.1) is 7.11 Å². The summed E-state index contributed by atoms with van der Waals surface area (Å²) in [5.74, 6) is -0.286. The highest BCUT2D eigenvalue weighted by Crippen LogP contribution is 2.42. The standard InChI is InChI=1S/C16H16O6S/c1-9(17)21-14-8-15(20-3)16(22-10(2)18)12-6-5-11(23(4)19)7-13(12)14/h5-8H,1-4H3. The van der Waals surface area contributed by atoms with Crippen LogP contribution in [0.3, 0.4) is 0 Å². The molecule has 0 aliphatic heterocycles. The van der Waals surface area contributed by atoms with Crippen LogP contribution in [0.4, 0.5) is 0 Å². The monoisotopic (exact) mass is 336 g/mol. The van der Waals surface area contributed by atoms with Crippen molar-refractivity contribution in [2.75, 3.05) is 13.4 Å². The fourth-order valence-electron chi connectivity index (χ4n) is 2.14. The largest absolute Gasteiger partial charge is 0.612 e. The maximum Gasteiger partial charge on any atom is 0.308 e. The second kappa shape index (κ2) is 6.89. The number of benzene rings is 2. The summed E-state index contributed by atoms with van der Waals surface area (Å²) < 4.78 is 27.4. The number of ether oxygens (including phenoxy) is 3. The second-order valence-corrected chi connectivity index (χ2v) is 6.13. The zero-order valence-electron chi connectivity index (χ0n) is 13.2. The molecule has 0 fully saturated rings. The van der Waals surface area contributed by atoms with Gasteiger partial charge < -0.3 is 18.8 Å². The third-order valence-corrected chi connectivity index (χ3v) is 3.96. The molecule has 122 valence electrons.